The number of hydrogen-bond acceptors (Lipinski definition) is 4. The molecule has 0 N–H and O–H groups in total. The molecule has 0 saturated carbocycles. The molecule has 0 radical (unpaired) electrons. The van der Waals surface area contributed by atoms with Crippen molar-refractivity contribution in [3.05, 3.63) is 30.1 Å². The van der Waals surface area contributed by atoms with Gasteiger partial charge in [-0.05, 0) is 24.1 Å². The van der Waals surface area contributed by atoms with E-state index in [1.54, 1.807) is 24.3 Å². The summed E-state index contributed by atoms with van der Waals surface area (Å²) in [6, 6.07) is 3.82. The minimum Gasteiger partial charge on any atom is -0.378 e. The fourth-order valence-electron chi connectivity index (χ4n) is 3.06. The van der Waals surface area contributed by atoms with Crippen molar-refractivity contribution in [2.45, 2.75) is 18.9 Å². The van der Waals surface area contributed by atoms with E-state index in [4.69, 9.17) is 4.74 Å². The van der Waals surface area contributed by atoms with Crippen molar-refractivity contribution >= 4 is 11.8 Å². The van der Waals surface area contributed by atoms with Crippen LogP contribution < -0.4 is 0 Å². The summed E-state index contributed by atoms with van der Waals surface area (Å²) < 4.78 is 5.55. The molecule has 2 saturated heterocycles. The van der Waals surface area contributed by atoms with Gasteiger partial charge in [0.25, 0.3) is 0 Å². The zero-order valence-electron chi connectivity index (χ0n) is 12.8. The minimum absolute atomic E-state index is 0.0372. The van der Waals surface area contributed by atoms with Gasteiger partial charge in [-0.15, -0.1) is 0 Å². The molecule has 2 amide bonds. The van der Waals surface area contributed by atoms with E-state index in [1.165, 1.54) is 0 Å². The fraction of sp³-hybridized carbons (Fsp3) is 0.562. The molecule has 2 aliphatic heterocycles. The van der Waals surface area contributed by atoms with Crippen LogP contribution in [-0.4, -0.2) is 66.0 Å². The summed E-state index contributed by atoms with van der Waals surface area (Å²) in [7, 11) is 1.81. The van der Waals surface area contributed by atoms with Crippen LogP contribution >= 0.6 is 0 Å². The second kappa shape index (κ2) is 6.44. The Labute approximate surface area is 130 Å². The standard InChI is InChI=1S/C16H21N3O3/c1-18-14-9-19(8-13(16(18)21)10-22-11-14)15(20)3-2-12-4-6-17-7-5-12/h4-7,13-14H,2-3,8-11H2,1H3/t13-,14+/m1/s1. The number of amides is 2. The average molecular weight is 303 g/mol. The van der Waals surface area contributed by atoms with Gasteiger partial charge in [0.2, 0.25) is 11.8 Å². The quantitative estimate of drug-likeness (QED) is 0.807. The lowest BCUT2D eigenvalue weighted by Gasteiger charge is -2.29. The third kappa shape index (κ3) is 3.11. The van der Waals surface area contributed by atoms with Gasteiger partial charge in [-0.25, -0.2) is 0 Å². The molecule has 2 aliphatic rings. The summed E-state index contributed by atoms with van der Waals surface area (Å²) in [5, 5.41) is 0. The molecule has 118 valence electrons. The Bertz CT molecular complexity index is 549. The number of likely N-dealkylation sites (N-methyl/N-ethyl adjacent to an activating group) is 1. The minimum atomic E-state index is -0.234. The Kier molecular flexibility index (Phi) is 4.38. The van der Waals surface area contributed by atoms with Crippen LogP contribution in [0.25, 0.3) is 0 Å². The Morgan fingerprint density at radius 1 is 1.32 bits per heavy atom. The second-order valence-corrected chi connectivity index (χ2v) is 5.99. The zero-order valence-corrected chi connectivity index (χ0v) is 12.8. The van der Waals surface area contributed by atoms with Crippen LogP contribution in [0.1, 0.15) is 12.0 Å². The van der Waals surface area contributed by atoms with E-state index < -0.39 is 0 Å². The molecule has 2 fully saturated rings. The number of carbonyl (C=O) groups is 2. The topological polar surface area (TPSA) is 62.7 Å². The third-order valence-electron chi connectivity index (χ3n) is 4.48. The van der Waals surface area contributed by atoms with Crippen molar-refractivity contribution in [2.24, 2.45) is 5.92 Å². The molecular formula is C16H21N3O3. The van der Waals surface area contributed by atoms with E-state index in [0.29, 0.717) is 39.1 Å². The van der Waals surface area contributed by atoms with E-state index in [-0.39, 0.29) is 23.8 Å². The second-order valence-electron chi connectivity index (χ2n) is 5.99. The number of aromatic nitrogens is 1. The van der Waals surface area contributed by atoms with Gasteiger partial charge in [0.15, 0.2) is 0 Å². The Morgan fingerprint density at radius 2 is 2.09 bits per heavy atom. The molecule has 3 heterocycles. The Hall–Kier alpha value is -1.95. The number of rotatable bonds is 3. The van der Waals surface area contributed by atoms with Gasteiger partial charge >= 0.3 is 0 Å². The molecular weight excluding hydrogens is 282 g/mol. The van der Waals surface area contributed by atoms with Crippen LogP contribution in [0, 0.1) is 5.92 Å². The molecule has 6 heteroatoms. The lowest BCUT2D eigenvalue weighted by Crippen LogP contribution is -2.45. The number of hydrogen-bond donors (Lipinski definition) is 0. The van der Waals surface area contributed by atoms with Crippen molar-refractivity contribution in [3.63, 3.8) is 0 Å². The van der Waals surface area contributed by atoms with Gasteiger partial charge in [0, 0.05) is 39.0 Å². The predicted octanol–water partition coefficient (Wildman–Crippen LogP) is 0.330. The molecule has 6 nitrogen and oxygen atoms in total. The van der Waals surface area contributed by atoms with E-state index in [9.17, 15) is 9.59 Å². The number of ether oxygens (including phenoxy) is 1. The Morgan fingerprint density at radius 3 is 2.86 bits per heavy atom. The maximum atomic E-state index is 12.5. The molecule has 2 bridgehead atoms. The van der Waals surface area contributed by atoms with Gasteiger partial charge in [0.05, 0.1) is 25.2 Å². The molecule has 0 aliphatic carbocycles. The molecule has 1 aromatic heterocycles. The SMILES string of the molecule is CN1C(=O)[C@H]2COC[C@@H]1CN(C(=O)CCc1ccncc1)C2. The summed E-state index contributed by atoms with van der Waals surface area (Å²) in [4.78, 5) is 32.3. The van der Waals surface area contributed by atoms with E-state index in [2.05, 4.69) is 4.98 Å². The predicted molar refractivity (Wildman–Crippen MR) is 80.0 cm³/mol. The van der Waals surface area contributed by atoms with Gasteiger partial charge in [-0.1, -0.05) is 0 Å². The molecule has 2 atom stereocenters. The molecule has 22 heavy (non-hydrogen) atoms. The van der Waals surface area contributed by atoms with Crippen LogP contribution in [0.5, 0.6) is 0 Å². The highest BCUT2D eigenvalue weighted by Crippen LogP contribution is 2.20. The molecule has 0 aromatic carbocycles. The van der Waals surface area contributed by atoms with Gasteiger partial charge < -0.3 is 14.5 Å². The third-order valence-corrected chi connectivity index (χ3v) is 4.48. The highest BCUT2D eigenvalue weighted by molar-refractivity contribution is 5.82. The highest BCUT2D eigenvalue weighted by atomic mass is 16.5. The largest absolute Gasteiger partial charge is 0.378 e. The number of fused-ring (bicyclic) bond motifs is 3. The van der Waals surface area contributed by atoms with Gasteiger partial charge in [0.1, 0.15) is 0 Å². The molecule has 1 aromatic rings. The zero-order chi connectivity index (χ0) is 15.5. The van der Waals surface area contributed by atoms with Gasteiger partial charge in [-0.2, -0.15) is 0 Å². The first kappa shape index (κ1) is 15.0. The first-order valence-corrected chi connectivity index (χ1v) is 7.66. The van der Waals surface area contributed by atoms with Crippen molar-refractivity contribution < 1.29 is 14.3 Å². The van der Waals surface area contributed by atoms with Crippen molar-refractivity contribution in [1.29, 1.82) is 0 Å². The van der Waals surface area contributed by atoms with Gasteiger partial charge in [-0.3, -0.25) is 14.6 Å². The Balaban J connectivity index is 1.64. The normalized spacial score (nSPS) is 25.0. The summed E-state index contributed by atoms with van der Waals surface area (Å²) in [5.74, 6) is -0.0360. The summed E-state index contributed by atoms with van der Waals surface area (Å²) in [6.45, 7) is 1.95. The van der Waals surface area contributed by atoms with Crippen molar-refractivity contribution in [2.75, 3.05) is 33.4 Å². The highest BCUT2D eigenvalue weighted by Gasteiger charge is 2.38. The van der Waals surface area contributed by atoms with Crippen LogP contribution in [0.3, 0.4) is 0 Å². The summed E-state index contributed by atoms with van der Waals surface area (Å²) in [6.07, 6.45) is 4.64. The first-order chi connectivity index (χ1) is 10.6. The number of carbonyl (C=O) groups excluding carboxylic acids is 2. The maximum absolute atomic E-state index is 12.5. The van der Waals surface area contributed by atoms with E-state index in [0.717, 1.165) is 5.56 Å². The number of nitrogens with zero attached hydrogens (tertiary/aromatic N) is 3. The van der Waals surface area contributed by atoms with E-state index in [1.807, 2.05) is 17.0 Å². The first-order valence-electron chi connectivity index (χ1n) is 7.66. The monoisotopic (exact) mass is 303 g/mol. The number of pyridine rings is 1. The molecule has 0 unspecified atom stereocenters. The van der Waals surface area contributed by atoms with Crippen LogP contribution in [0.15, 0.2) is 24.5 Å². The fourth-order valence-corrected chi connectivity index (χ4v) is 3.06. The van der Waals surface area contributed by atoms with Crippen LogP contribution in [0.4, 0.5) is 0 Å². The van der Waals surface area contributed by atoms with Crippen LogP contribution in [-0.2, 0) is 20.7 Å². The lowest BCUT2D eigenvalue weighted by atomic mass is 10.1. The molecule has 3 rings (SSSR count). The average Bonchev–Trinajstić information content (AvgIpc) is 2.71. The lowest BCUT2D eigenvalue weighted by molar-refractivity contribution is -0.134. The summed E-state index contributed by atoms with van der Waals surface area (Å²) >= 11 is 0. The van der Waals surface area contributed by atoms with Crippen LogP contribution in [0.2, 0.25) is 0 Å². The van der Waals surface area contributed by atoms with Crippen molar-refractivity contribution in [1.82, 2.24) is 14.8 Å². The van der Waals surface area contributed by atoms with Crippen molar-refractivity contribution in [3.8, 4) is 0 Å². The molecule has 0 spiro atoms. The smallest absolute Gasteiger partial charge is 0.229 e. The summed E-state index contributed by atoms with van der Waals surface area (Å²) in [5.41, 5.74) is 1.11. The maximum Gasteiger partial charge on any atom is 0.229 e. The number of aryl methyl sites for hydroxylation is 1. The van der Waals surface area contributed by atoms with E-state index >= 15 is 0 Å².